The third-order valence-corrected chi connectivity index (χ3v) is 5.08. The van der Waals surface area contributed by atoms with E-state index in [-0.39, 0.29) is 32.8 Å². The van der Waals surface area contributed by atoms with Gasteiger partial charge in [-0.1, -0.05) is 35.5 Å². The van der Waals surface area contributed by atoms with E-state index in [1.165, 1.54) is 18.5 Å². The Balaban J connectivity index is 1.68. The largest absolute Gasteiger partial charge is 0.417 e. The molecule has 0 bridgehead atoms. The zero-order valence-electron chi connectivity index (χ0n) is 15.1. The summed E-state index contributed by atoms with van der Waals surface area (Å²) in [7, 11) is 0. The van der Waals surface area contributed by atoms with Gasteiger partial charge in [-0.05, 0) is 18.2 Å². The zero-order valence-corrected chi connectivity index (χ0v) is 16.7. The minimum absolute atomic E-state index is 0.0475. The lowest BCUT2D eigenvalue weighted by atomic mass is 10.1. The molecule has 0 unspecified atom stereocenters. The van der Waals surface area contributed by atoms with Crippen molar-refractivity contribution in [1.82, 2.24) is 15.0 Å². The van der Waals surface area contributed by atoms with Gasteiger partial charge in [-0.2, -0.15) is 26.3 Å². The lowest BCUT2D eigenvalue weighted by Crippen LogP contribution is -2.08. The summed E-state index contributed by atoms with van der Waals surface area (Å²) >= 11 is 6.77. The van der Waals surface area contributed by atoms with E-state index in [1.807, 2.05) is 0 Å². The molecule has 0 aliphatic heterocycles. The number of carbonyl (C=O) groups excluding carboxylic acids is 1. The van der Waals surface area contributed by atoms with Crippen LogP contribution in [0.5, 0.6) is 0 Å². The van der Waals surface area contributed by atoms with Gasteiger partial charge in [0.1, 0.15) is 0 Å². The molecule has 0 amide bonds. The number of Topliss-reactive ketones (excluding diaryl/α,β-unsaturated/α-hetero) is 1. The Morgan fingerprint density at radius 3 is 2.13 bits per heavy atom. The van der Waals surface area contributed by atoms with Crippen molar-refractivity contribution in [2.45, 2.75) is 17.5 Å². The minimum atomic E-state index is -4.58. The first-order chi connectivity index (χ1) is 14.4. The number of halogens is 7. The maximum Gasteiger partial charge on any atom is 0.417 e. The van der Waals surface area contributed by atoms with Crippen molar-refractivity contribution >= 4 is 29.1 Å². The normalized spacial score (nSPS) is 12.1. The number of rotatable bonds is 5. The van der Waals surface area contributed by atoms with E-state index in [2.05, 4.69) is 15.0 Å². The number of alkyl halides is 6. The van der Waals surface area contributed by atoms with Crippen LogP contribution in [-0.4, -0.2) is 26.5 Å². The van der Waals surface area contributed by atoms with Gasteiger partial charge in [-0.25, -0.2) is 9.97 Å². The number of nitrogens with zero attached hydrogens (tertiary/aromatic N) is 3. The summed E-state index contributed by atoms with van der Waals surface area (Å²) < 4.78 is 76.4. The van der Waals surface area contributed by atoms with E-state index >= 15 is 0 Å². The second-order valence-corrected chi connectivity index (χ2v) is 7.45. The molecule has 0 atom stereocenters. The van der Waals surface area contributed by atoms with Crippen LogP contribution in [0, 0.1) is 0 Å². The highest BCUT2D eigenvalue weighted by Gasteiger charge is 2.32. The molecule has 0 saturated carbocycles. The molecule has 4 nitrogen and oxygen atoms in total. The molecule has 0 radical (unpaired) electrons. The average molecular weight is 478 g/mol. The highest BCUT2D eigenvalue weighted by Crippen LogP contribution is 2.34. The summed E-state index contributed by atoms with van der Waals surface area (Å²) in [6, 6.07) is 4.80. The molecule has 162 valence electrons. The summed E-state index contributed by atoms with van der Waals surface area (Å²) in [6.45, 7) is 0. The van der Waals surface area contributed by atoms with Crippen LogP contribution in [0.4, 0.5) is 26.3 Å². The molecule has 0 aliphatic rings. The summed E-state index contributed by atoms with van der Waals surface area (Å²) in [4.78, 5) is 23.9. The molecule has 1 aromatic carbocycles. The Labute approximate surface area is 180 Å². The van der Waals surface area contributed by atoms with Gasteiger partial charge in [0.15, 0.2) is 10.9 Å². The van der Waals surface area contributed by atoms with E-state index in [0.29, 0.717) is 6.20 Å². The van der Waals surface area contributed by atoms with E-state index in [1.54, 1.807) is 0 Å². The standard InChI is InChI=1S/C19H10ClF6N3OS/c20-14-5-13(19(24,25)26)8-27-16(14)11-6-28-17(29-7-11)31-9-15(30)10-2-1-3-12(4-10)18(21,22)23/h1-8H,9H2. The van der Waals surface area contributed by atoms with Crippen LogP contribution in [0.15, 0.2) is 54.1 Å². The van der Waals surface area contributed by atoms with Crippen LogP contribution in [0.3, 0.4) is 0 Å². The zero-order chi connectivity index (χ0) is 22.8. The number of hydrogen-bond acceptors (Lipinski definition) is 5. The van der Waals surface area contributed by atoms with Crippen LogP contribution in [0.2, 0.25) is 5.02 Å². The highest BCUT2D eigenvalue weighted by atomic mass is 35.5. The Morgan fingerprint density at radius 1 is 0.903 bits per heavy atom. The lowest BCUT2D eigenvalue weighted by molar-refractivity contribution is -0.138. The molecule has 31 heavy (non-hydrogen) atoms. The van der Waals surface area contributed by atoms with Gasteiger partial charge in [0.25, 0.3) is 0 Å². The van der Waals surface area contributed by atoms with Crippen LogP contribution < -0.4 is 0 Å². The lowest BCUT2D eigenvalue weighted by Gasteiger charge is -2.09. The fraction of sp³-hybridized carbons (Fsp3) is 0.158. The molecule has 2 aromatic heterocycles. The summed E-state index contributed by atoms with van der Waals surface area (Å²) in [6.07, 6.45) is -5.97. The quantitative estimate of drug-likeness (QED) is 0.189. The maximum atomic E-state index is 12.8. The number of thioether (sulfide) groups is 1. The van der Waals surface area contributed by atoms with Crippen molar-refractivity contribution in [1.29, 1.82) is 0 Å². The Bertz CT molecular complexity index is 1100. The van der Waals surface area contributed by atoms with Crippen molar-refractivity contribution < 1.29 is 31.1 Å². The molecule has 0 saturated heterocycles. The van der Waals surface area contributed by atoms with Gasteiger partial charge in [-0.15, -0.1) is 0 Å². The van der Waals surface area contributed by atoms with Gasteiger partial charge >= 0.3 is 12.4 Å². The predicted octanol–water partition coefficient (Wildman–Crippen LogP) is 6.20. The third kappa shape index (κ3) is 5.73. The first-order valence-corrected chi connectivity index (χ1v) is 9.70. The van der Waals surface area contributed by atoms with Crippen molar-refractivity contribution in [2.24, 2.45) is 0 Å². The Kier molecular flexibility index (Phi) is 6.56. The fourth-order valence-electron chi connectivity index (χ4n) is 2.40. The summed E-state index contributed by atoms with van der Waals surface area (Å²) in [5.74, 6) is -0.754. The molecule has 2 heterocycles. The molecule has 0 aliphatic carbocycles. The summed E-state index contributed by atoms with van der Waals surface area (Å²) in [5.41, 5.74) is -1.72. The number of aromatic nitrogens is 3. The third-order valence-electron chi connectivity index (χ3n) is 3.91. The van der Waals surface area contributed by atoms with E-state index < -0.39 is 29.3 Å². The fourth-order valence-corrected chi connectivity index (χ4v) is 3.36. The van der Waals surface area contributed by atoms with Crippen LogP contribution in [0.1, 0.15) is 21.5 Å². The second-order valence-electron chi connectivity index (χ2n) is 6.10. The molecular weight excluding hydrogens is 468 g/mol. The van der Waals surface area contributed by atoms with E-state index in [0.717, 1.165) is 36.0 Å². The van der Waals surface area contributed by atoms with Crippen LogP contribution in [-0.2, 0) is 12.4 Å². The molecule has 0 spiro atoms. The van der Waals surface area contributed by atoms with Crippen molar-refractivity contribution in [2.75, 3.05) is 5.75 Å². The molecule has 12 heteroatoms. The van der Waals surface area contributed by atoms with E-state index in [9.17, 15) is 31.1 Å². The average Bonchev–Trinajstić information content (AvgIpc) is 2.71. The molecule has 3 aromatic rings. The number of ketones is 1. The number of hydrogen-bond donors (Lipinski definition) is 0. The first-order valence-electron chi connectivity index (χ1n) is 8.33. The summed E-state index contributed by atoms with van der Waals surface area (Å²) in [5, 5.41) is -0.0920. The molecular formula is C19H10ClF6N3OS. The number of benzene rings is 1. The number of pyridine rings is 1. The monoisotopic (exact) mass is 477 g/mol. The topological polar surface area (TPSA) is 55.7 Å². The predicted molar refractivity (Wildman–Crippen MR) is 102 cm³/mol. The molecule has 0 N–H and O–H groups in total. The van der Waals surface area contributed by atoms with Crippen molar-refractivity contribution in [3.8, 4) is 11.3 Å². The van der Waals surface area contributed by atoms with Crippen LogP contribution >= 0.6 is 23.4 Å². The van der Waals surface area contributed by atoms with E-state index in [4.69, 9.17) is 11.6 Å². The van der Waals surface area contributed by atoms with Gasteiger partial charge < -0.3 is 0 Å². The minimum Gasteiger partial charge on any atom is -0.293 e. The van der Waals surface area contributed by atoms with Crippen LogP contribution in [0.25, 0.3) is 11.3 Å². The van der Waals surface area contributed by atoms with Gasteiger partial charge in [0.2, 0.25) is 0 Å². The SMILES string of the molecule is O=C(CSc1ncc(-c2ncc(C(F)(F)F)cc2Cl)cn1)c1cccc(C(F)(F)F)c1. The number of carbonyl (C=O) groups is 1. The Hall–Kier alpha value is -2.66. The maximum absolute atomic E-state index is 12.8. The smallest absolute Gasteiger partial charge is 0.293 e. The van der Waals surface area contributed by atoms with Gasteiger partial charge in [0.05, 0.1) is 27.6 Å². The van der Waals surface area contributed by atoms with Gasteiger partial charge in [0, 0.05) is 29.7 Å². The Morgan fingerprint density at radius 2 is 1.55 bits per heavy atom. The van der Waals surface area contributed by atoms with Crippen molar-refractivity contribution in [3.63, 3.8) is 0 Å². The van der Waals surface area contributed by atoms with Crippen molar-refractivity contribution in [3.05, 3.63) is 70.6 Å². The highest BCUT2D eigenvalue weighted by molar-refractivity contribution is 7.99. The molecule has 3 rings (SSSR count). The van der Waals surface area contributed by atoms with Gasteiger partial charge in [-0.3, -0.25) is 9.78 Å². The molecule has 0 fully saturated rings. The first kappa shape index (κ1) is 23.0. The second kappa shape index (κ2) is 8.83.